The van der Waals surface area contributed by atoms with E-state index in [0.29, 0.717) is 44.1 Å². The number of methoxy groups -OCH3 is 3. The summed E-state index contributed by atoms with van der Waals surface area (Å²) >= 11 is 0. The molecule has 0 amide bonds. The number of aliphatic hydroxyl groups excluding tert-OH is 1. The number of hydrogen-bond donors (Lipinski definition) is 2. The average Bonchev–Trinajstić information content (AvgIpc) is 2.99. The van der Waals surface area contributed by atoms with Gasteiger partial charge in [0.25, 0.3) is 0 Å². The van der Waals surface area contributed by atoms with E-state index in [1.807, 2.05) is 32.0 Å². The van der Waals surface area contributed by atoms with Crippen molar-refractivity contribution in [3.63, 3.8) is 0 Å². The molecule has 1 aromatic rings. The van der Waals surface area contributed by atoms with Crippen LogP contribution < -0.4 is 14.7 Å². The molecule has 10 nitrogen and oxygen atoms in total. The van der Waals surface area contributed by atoms with Gasteiger partial charge in [-0.25, -0.2) is 5.23 Å². The Morgan fingerprint density at radius 2 is 1.74 bits per heavy atom. The summed E-state index contributed by atoms with van der Waals surface area (Å²) in [5, 5.41) is 24.8. The highest BCUT2D eigenvalue weighted by molar-refractivity contribution is 5.43. The molecule has 10 heteroatoms. The molecule has 0 radical (unpaired) electrons. The van der Waals surface area contributed by atoms with Gasteiger partial charge in [0.1, 0.15) is 12.1 Å². The molecular formula is C33H58N2O8. The van der Waals surface area contributed by atoms with Crippen molar-refractivity contribution in [1.82, 2.24) is 4.90 Å². The lowest BCUT2D eigenvalue weighted by Gasteiger charge is -2.38. The van der Waals surface area contributed by atoms with Crippen LogP contribution >= 0.6 is 0 Å². The van der Waals surface area contributed by atoms with Crippen LogP contribution in [0, 0.1) is 23.0 Å². The fraction of sp³-hybridized carbons (Fsp3) is 0.758. The van der Waals surface area contributed by atoms with Crippen molar-refractivity contribution in [3.8, 4) is 11.5 Å². The topological polar surface area (TPSA) is 106 Å². The molecule has 1 saturated heterocycles. The number of ether oxygens (including phenoxy) is 5. The van der Waals surface area contributed by atoms with E-state index < -0.39 is 30.0 Å². The Hall–Kier alpha value is -1.76. The SMILES string of the molecule is C=C[C@H](O[C@H](OC)C(C)C)O[NH+]([O-])[C@@H](C[C@H](Cc1ccc(OC)c(OCCCOC)c1)C(C)C)[C@@H](O)CN1CCCCC1. The first-order valence-corrected chi connectivity index (χ1v) is 15.8. The van der Waals surface area contributed by atoms with E-state index in [4.69, 9.17) is 28.5 Å². The highest BCUT2D eigenvalue weighted by Crippen LogP contribution is 2.31. The van der Waals surface area contributed by atoms with Crippen molar-refractivity contribution in [1.29, 1.82) is 0 Å². The Balaban J connectivity index is 2.25. The standard InChI is InChI=1S/C33H58N2O8/c1-9-32(42-33(40-8)25(4)5)43-35(37)28(29(36)23-34-16-11-10-12-17-34)22-27(24(2)3)20-26-14-15-30(39-7)31(21-26)41-19-13-18-38-6/h9,14-15,21,24-25,27-29,32-33,35-36H,1,10-13,16-20,22-23H2,2-8H3/t27-,28-,29-,32+,33-/m0/s1. The molecule has 0 aliphatic carbocycles. The summed E-state index contributed by atoms with van der Waals surface area (Å²) in [6, 6.07) is 5.23. The van der Waals surface area contributed by atoms with Crippen LogP contribution in [0.4, 0.5) is 0 Å². The number of quaternary nitrogens is 1. The minimum Gasteiger partial charge on any atom is -0.599 e. The summed E-state index contributed by atoms with van der Waals surface area (Å²) in [6.45, 7) is 15.4. The van der Waals surface area contributed by atoms with Gasteiger partial charge in [0.15, 0.2) is 17.8 Å². The quantitative estimate of drug-likeness (QED) is 0.0872. The van der Waals surface area contributed by atoms with Gasteiger partial charge in [-0.05, 0) is 68.0 Å². The Labute approximate surface area is 259 Å². The molecule has 1 aliphatic rings. The van der Waals surface area contributed by atoms with Crippen molar-refractivity contribution in [2.24, 2.45) is 17.8 Å². The molecule has 2 rings (SSSR count). The van der Waals surface area contributed by atoms with Crippen molar-refractivity contribution in [2.45, 2.75) is 90.9 Å². The summed E-state index contributed by atoms with van der Waals surface area (Å²) in [5.74, 6) is 1.75. The maximum Gasteiger partial charge on any atom is 0.236 e. The van der Waals surface area contributed by atoms with Gasteiger partial charge in [-0.15, -0.1) is 0 Å². The number of β-amino-alcohol motifs (C(OH)–C–C–N with tert-alkyl or cyclic N) is 1. The van der Waals surface area contributed by atoms with Crippen molar-refractivity contribution in [2.75, 3.05) is 54.2 Å². The van der Waals surface area contributed by atoms with Crippen LogP contribution in [0.5, 0.6) is 11.5 Å². The van der Waals surface area contributed by atoms with E-state index in [1.54, 1.807) is 21.3 Å². The number of rotatable bonds is 22. The van der Waals surface area contributed by atoms with E-state index in [-0.39, 0.29) is 17.8 Å². The number of nitrogens with one attached hydrogen (secondary N) is 1. The molecule has 248 valence electrons. The summed E-state index contributed by atoms with van der Waals surface area (Å²) in [6.07, 6.45) is 4.37. The molecule has 0 saturated carbocycles. The number of piperidine rings is 1. The minimum absolute atomic E-state index is 0.0512. The average molecular weight is 611 g/mol. The van der Waals surface area contributed by atoms with Crippen LogP contribution in [0.3, 0.4) is 0 Å². The first-order chi connectivity index (χ1) is 20.6. The maximum absolute atomic E-state index is 13.7. The lowest BCUT2D eigenvalue weighted by molar-refractivity contribution is -1.08. The molecule has 2 N–H and O–H groups in total. The van der Waals surface area contributed by atoms with Gasteiger partial charge >= 0.3 is 0 Å². The molecule has 43 heavy (non-hydrogen) atoms. The van der Waals surface area contributed by atoms with E-state index in [2.05, 4.69) is 25.3 Å². The first kappa shape index (κ1) is 37.4. The van der Waals surface area contributed by atoms with E-state index in [0.717, 1.165) is 37.9 Å². The molecule has 6 atom stereocenters. The number of benzene rings is 1. The van der Waals surface area contributed by atoms with Gasteiger partial charge in [-0.2, -0.15) is 4.84 Å². The van der Waals surface area contributed by atoms with E-state index in [1.165, 1.54) is 12.5 Å². The lowest BCUT2D eigenvalue weighted by atomic mass is 9.83. The highest BCUT2D eigenvalue weighted by Gasteiger charge is 2.34. The zero-order chi connectivity index (χ0) is 31.8. The van der Waals surface area contributed by atoms with Gasteiger partial charge in [0.05, 0.1) is 13.7 Å². The summed E-state index contributed by atoms with van der Waals surface area (Å²) < 4.78 is 28.0. The molecular weight excluding hydrogens is 552 g/mol. The Morgan fingerprint density at radius 1 is 1.02 bits per heavy atom. The van der Waals surface area contributed by atoms with Crippen LogP contribution in [-0.4, -0.2) is 88.9 Å². The van der Waals surface area contributed by atoms with E-state index >= 15 is 0 Å². The third kappa shape index (κ3) is 13.0. The smallest absolute Gasteiger partial charge is 0.236 e. The third-order valence-corrected chi connectivity index (χ3v) is 8.11. The summed E-state index contributed by atoms with van der Waals surface area (Å²) in [4.78, 5) is 8.06. The second-order valence-corrected chi connectivity index (χ2v) is 12.2. The number of likely N-dealkylation sites (tertiary alicyclic amines) is 1. The van der Waals surface area contributed by atoms with Crippen LogP contribution in [0.25, 0.3) is 0 Å². The monoisotopic (exact) mass is 610 g/mol. The van der Waals surface area contributed by atoms with Crippen LogP contribution in [0.2, 0.25) is 0 Å². The van der Waals surface area contributed by atoms with E-state index in [9.17, 15) is 10.3 Å². The second kappa shape index (κ2) is 20.3. The molecule has 0 spiro atoms. The van der Waals surface area contributed by atoms with Gasteiger partial charge < -0.3 is 38.9 Å². The number of hydroxylamine groups is 2. The Kier molecular flexibility index (Phi) is 17.7. The van der Waals surface area contributed by atoms with Crippen LogP contribution in [-0.2, 0) is 25.5 Å². The number of hydrogen-bond acceptors (Lipinski definition) is 9. The molecule has 1 heterocycles. The minimum atomic E-state index is -0.985. The molecule has 1 unspecified atom stereocenters. The van der Waals surface area contributed by atoms with Gasteiger partial charge in [-0.1, -0.05) is 46.8 Å². The fourth-order valence-corrected chi connectivity index (χ4v) is 5.46. The predicted octanol–water partition coefficient (Wildman–Crippen LogP) is 4.00. The van der Waals surface area contributed by atoms with Gasteiger partial charge in [-0.3, -0.25) is 0 Å². The highest BCUT2D eigenvalue weighted by atomic mass is 16.9. The fourth-order valence-electron chi connectivity index (χ4n) is 5.46. The number of aliphatic hydroxyl groups is 1. The largest absolute Gasteiger partial charge is 0.599 e. The normalized spacial score (nSPS) is 18.7. The zero-order valence-corrected chi connectivity index (χ0v) is 27.6. The lowest BCUT2D eigenvalue weighted by Crippen LogP contribution is -3.12. The molecule has 0 aromatic heterocycles. The second-order valence-electron chi connectivity index (χ2n) is 12.2. The molecule has 1 aromatic carbocycles. The number of nitrogens with zero attached hydrogens (tertiary/aromatic N) is 1. The van der Waals surface area contributed by atoms with Crippen LogP contribution in [0.15, 0.2) is 30.9 Å². The molecule has 1 fully saturated rings. The molecule has 0 bridgehead atoms. The maximum atomic E-state index is 13.7. The van der Waals surface area contributed by atoms with Gasteiger partial charge in [0, 0.05) is 46.1 Å². The summed E-state index contributed by atoms with van der Waals surface area (Å²) in [5.41, 5.74) is 1.08. The Bertz CT molecular complexity index is 896. The molecule has 1 aliphatic heterocycles. The zero-order valence-electron chi connectivity index (χ0n) is 27.6. The third-order valence-electron chi connectivity index (χ3n) is 8.11. The summed E-state index contributed by atoms with van der Waals surface area (Å²) in [7, 11) is 4.86. The first-order valence-electron chi connectivity index (χ1n) is 15.8. The van der Waals surface area contributed by atoms with Crippen molar-refractivity contribution in [3.05, 3.63) is 41.6 Å². The van der Waals surface area contributed by atoms with Crippen LogP contribution in [0.1, 0.15) is 65.4 Å². The Morgan fingerprint density at radius 3 is 2.33 bits per heavy atom. The van der Waals surface area contributed by atoms with Gasteiger partial charge in [0.2, 0.25) is 6.29 Å². The van der Waals surface area contributed by atoms with Crippen molar-refractivity contribution >= 4 is 0 Å². The van der Waals surface area contributed by atoms with Crippen molar-refractivity contribution < 1.29 is 38.9 Å². The predicted molar refractivity (Wildman–Crippen MR) is 168 cm³/mol.